The number of aliphatic imine (C=N–C) groups is 1. The first-order valence-corrected chi connectivity index (χ1v) is 9.71. The first kappa shape index (κ1) is 22.3. The SMILES string of the molecule is CCCC(CC(C)C)C(=O)N=C(N)c1ccc(C(F)(F)F)nc1C1CCCO1. The minimum absolute atomic E-state index is 0.0947. The molecule has 1 fully saturated rings. The zero-order valence-corrected chi connectivity index (χ0v) is 16.6. The van der Waals surface area contributed by atoms with Crippen LogP contribution < -0.4 is 5.73 Å². The minimum Gasteiger partial charge on any atom is -0.383 e. The fourth-order valence-corrected chi connectivity index (χ4v) is 3.42. The molecule has 2 unspecified atom stereocenters. The first-order valence-electron chi connectivity index (χ1n) is 9.71. The minimum atomic E-state index is -4.57. The average Bonchev–Trinajstić information content (AvgIpc) is 3.14. The lowest BCUT2D eigenvalue weighted by atomic mass is 9.92. The number of nitrogens with zero attached hydrogens (tertiary/aromatic N) is 2. The molecule has 0 saturated carbocycles. The van der Waals surface area contributed by atoms with Gasteiger partial charge in [-0.1, -0.05) is 27.2 Å². The van der Waals surface area contributed by atoms with Gasteiger partial charge in [-0.2, -0.15) is 18.2 Å². The van der Waals surface area contributed by atoms with Gasteiger partial charge in [-0.3, -0.25) is 4.79 Å². The summed E-state index contributed by atoms with van der Waals surface area (Å²) in [4.78, 5) is 20.4. The number of halogens is 3. The van der Waals surface area contributed by atoms with E-state index in [0.717, 1.165) is 18.9 Å². The summed E-state index contributed by atoms with van der Waals surface area (Å²) in [7, 11) is 0. The molecule has 0 spiro atoms. The summed E-state index contributed by atoms with van der Waals surface area (Å²) in [6.07, 6.45) is -1.66. The number of ether oxygens (including phenoxy) is 1. The number of hydrogen-bond donors (Lipinski definition) is 1. The third kappa shape index (κ3) is 5.77. The van der Waals surface area contributed by atoms with E-state index in [1.165, 1.54) is 6.07 Å². The third-order valence-electron chi connectivity index (χ3n) is 4.70. The Morgan fingerprint density at radius 3 is 2.64 bits per heavy atom. The molecule has 1 aromatic rings. The molecule has 8 heteroatoms. The van der Waals surface area contributed by atoms with Gasteiger partial charge in [0.2, 0.25) is 0 Å². The second-order valence-corrected chi connectivity index (χ2v) is 7.58. The van der Waals surface area contributed by atoms with Crippen LogP contribution in [-0.2, 0) is 15.7 Å². The van der Waals surface area contributed by atoms with Crippen LogP contribution in [0.5, 0.6) is 0 Å². The van der Waals surface area contributed by atoms with Crippen molar-refractivity contribution in [3.05, 3.63) is 29.1 Å². The quantitative estimate of drug-likeness (QED) is 0.535. The fourth-order valence-electron chi connectivity index (χ4n) is 3.42. The molecule has 28 heavy (non-hydrogen) atoms. The Labute approximate surface area is 163 Å². The molecule has 1 aliphatic rings. The van der Waals surface area contributed by atoms with Crippen LogP contribution in [0.4, 0.5) is 13.2 Å². The standard InChI is InChI=1S/C20H28F3N3O2/c1-4-6-13(11-12(2)3)19(27)26-18(24)14-8-9-16(20(21,22)23)25-17(14)15-7-5-10-28-15/h8-9,12-13,15H,4-7,10-11H2,1-3H3,(H2,24,26,27). The van der Waals surface area contributed by atoms with Crippen molar-refractivity contribution in [2.45, 2.75) is 65.2 Å². The second kappa shape index (κ2) is 9.49. The Morgan fingerprint density at radius 1 is 1.39 bits per heavy atom. The highest BCUT2D eigenvalue weighted by Gasteiger charge is 2.35. The van der Waals surface area contributed by atoms with Gasteiger partial charge in [0, 0.05) is 18.1 Å². The third-order valence-corrected chi connectivity index (χ3v) is 4.70. The number of hydrogen-bond acceptors (Lipinski definition) is 3. The normalized spacial score (nSPS) is 19.2. The van der Waals surface area contributed by atoms with Gasteiger partial charge < -0.3 is 10.5 Å². The molecular formula is C20H28F3N3O2. The van der Waals surface area contributed by atoms with Crippen LogP contribution in [0.3, 0.4) is 0 Å². The Morgan fingerprint density at radius 2 is 2.11 bits per heavy atom. The van der Waals surface area contributed by atoms with Crippen molar-refractivity contribution in [2.24, 2.45) is 22.6 Å². The van der Waals surface area contributed by atoms with E-state index in [-0.39, 0.29) is 28.9 Å². The Kier molecular flexibility index (Phi) is 7.57. The van der Waals surface area contributed by atoms with E-state index in [2.05, 4.69) is 9.98 Å². The van der Waals surface area contributed by atoms with Gasteiger partial charge in [0.25, 0.3) is 5.91 Å². The largest absolute Gasteiger partial charge is 0.433 e. The van der Waals surface area contributed by atoms with Crippen molar-refractivity contribution in [1.29, 1.82) is 0 Å². The number of aromatic nitrogens is 1. The summed E-state index contributed by atoms with van der Waals surface area (Å²) >= 11 is 0. The average molecular weight is 399 g/mol. The molecule has 0 aliphatic carbocycles. The Bertz CT molecular complexity index is 711. The van der Waals surface area contributed by atoms with Gasteiger partial charge in [-0.05, 0) is 43.7 Å². The molecule has 1 aromatic heterocycles. The lowest BCUT2D eigenvalue weighted by Crippen LogP contribution is -2.24. The van der Waals surface area contributed by atoms with E-state index in [1.807, 2.05) is 20.8 Å². The zero-order valence-electron chi connectivity index (χ0n) is 16.6. The van der Waals surface area contributed by atoms with Gasteiger partial charge in [-0.25, -0.2) is 4.98 Å². The zero-order chi connectivity index (χ0) is 20.9. The lowest BCUT2D eigenvalue weighted by Gasteiger charge is -2.17. The molecule has 2 rings (SSSR count). The number of alkyl halides is 3. The van der Waals surface area contributed by atoms with E-state index < -0.39 is 18.0 Å². The van der Waals surface area contributed by atoms with Crippen LogP contribution in [0.25, 0.3) is 0 Å². The van der Waals surface area contributed by atoms with Crippen molar-refractivity contribution in [3.63, 3.8) is 0 Å². The Balaban J connectivity index is 2.38. The van der Waals surface area contributed by atoms with Gasteiger partial charge in [0.05, 0.1) is 5.69 Å². The summed E-state index contributed by atoms with van der Waals surface area (Å²) in [6.45, 7) is 6.49. The number of rotatable bonds is 7. The van der Waals surface area contributed by atoms with Crippen molar-refractivity contribution >= 4 is 11.7 Å². The number of carbonyl (C=O) groups is 1. The molecule has 1 aliphatic heterocycles. The summed E-state index contributed by atoms with van der Waals surface area (Å²) in [6, 6.07) is 2.09. The van der Waals surface area contributed by atoms with Crippen LogP contribution >= 0.6 is 0 Å². The summed E-state index contributed by atoms with van der Waals surface area (Å²) in [5.74, 6) is -0.378. The molecule has 1 amide bonds. The fraction of sp³-hybridized carbons (Fsp3) is 0.650. The first-order chi connectivity index (χ1) is 13.1. The van der Waals surface area contributed by atoms with Crippen molar-refractivity contribution in [3.8, 4) is 0 Å². The smallest absolute Gasteiger partial charge is 0.383 e. The summed E-state index contributed by atoms with van der Waals surface area (Å²) in [5.41, 5.74) is 5.36. The van der Waals surface area contributed by atoms with E-state index in [4.69, 9.17) is 10.5 Å². The molecular weight excluding hydrogens is 371 g/mol. The summed E-state index contributed by atoms with van der Waals surface area (Å²) < 4.78 is 44.8. The molecule has 0 radical (unpaired) electrons. The van der Waals surface area contributed by atoms with Crippen LogP contribution in [0.15, 0.2) is 17.1 Å². The van der Waals surface area contributed by atoms with Crippen LogP contribution in [0.2, 0.25) is 0 Å². The highest BCUT2D eigenvalue weighted by Crippen LogP contribution is 2.34. The molecule has 0 aromatic carbocycles. The Hall–Kier alpha value is -1.96. The summed E-state index contributed by atoms with van der Waals surface area (Å²) in [5, 5.41) is 0. The number of amides is 1. The van der Waals surface area contributed by atoms with Crippen molar-refractivity contribution in [1.82, 2.24) is 4.98 Å². The lowest BCUT2D eigenvalue weighted by molar-refractivity contribution is -0.141. The number of carbonyl (C=O) groups excluding carboxylic acids is 1. The number of pyridine rings is 1. The van der Waals surface area contributed by atoms with E-state index in [1.54, 1.807) is 0 Å². The highest BCUT2D eigenvalue weighted by molar-refractivity contribution is 6.05. The predicted molar refractivity (Wildman–Crippen MR) is 101 cm³/mol. The van der Waals surface area contributed by atoms with Crippen LogP contribution in [0.1, 0.15) is 75.9 Å². The molecule has 2 atom stereocenters. The molecule has 2 N–H and O–H groups in total. The molecule has 0 bridgehead atoms. The monoisotopic (exact) mass is 399 g/mol. The predicted octanol–water partition coefficient (Wildman–Crippen LogP) is 4.65. The van der Waals surface area contributed by atoms with E-state index in [9.17, 15) is 18.0 Å². The maximum atomic E-state index is 13.1. The maximum Gasteiger partial charge on any atom is 0.433 e. The van der Waals surface area contributed by atoms with E-state index in [0.29, 0.717) is 31.8 Å². The maximum absolute atomic E-state index is 13.1. The molecule has 2 heterocycles. The number of nitrogens with two attached hydrogens (primary N) is 1. The van der Waals surface area contributed by atoms with E-state index >= 15 is 0 Å². The number of amidine groups is 1. The molecule has 156 valence electrons. The molecule has 5 nitrogen and oxygen atoms in total. The van der Waals surface area contributed by atoms with Crippen LogP contribution in [0, 0.1) is 11.8 Å². The van der Waals surface area contributed by atoms with Crippen LogP contribution in [-0.4, -0.2) is 23.3 Å². The van der Waals surface area contributed by atoms with Gasteiger partial charge in [-0.15, -0.1) is 0 Å². The topological polar surface area (TPSA) is 77.6 Å². The second-order valence-electron chi connectivity index (χ2n) is 7.58. The van der Waals surface area contributed by atoms with Crippen molar-refractivity contribution in [2.75, 3.05) is 6.61 Å². The van der Waals surface area contributed by atoms with Gasteiger partial charge in [0.15, 0.2) is 0 Å². The molecule has 1 saturated heterocycles. The van der Waals surface area contributed by atoms with Gasteiger partial charge >= 0.3 is 6.18 Å². The van der Waals surface area contributed by atoms with Gasteiger partial charge in [0.1, 0.15) is 17.6 Å². The highest BCUT2D eigenvalue weighted by atomic mass is 19.4. The van der Waals surface area contributed by atoms with Crippen molar-refractivity contribution < 1.29 is 22.7 Å².